The van der Waals surface area contributed by atoms with E-state index in [2.05, 4.69) is 21.1 Å². The van der Waals surface area contributed by atoms with Crippen molar-refractivity contribution in [3.8, 4) is 0 Å². The quantitative estimate of drug-likeness (QED) is 0.597. The van der Waals surface area contributed by atoms with Crippen molar-refractivity contribution in [2.75, 3.05) is 19.1 Å². The van der Waals surface area contributed by atoms with Gasteiger partial charge in [-0.15, -0.1) is 11.8 Å². The van der Waals surface area contributed by atoms with Gasteiger partial charge in [-0.25, -0.2) is 10.4 Å². The molecule has 116 valence electrons. The van der Waals surface area contributed by atoms with Crippen LogP contribution in [0.15, 0.2) is 0 Å². The van der Waals surface area contributed by atoms with Crippen LogP contribution in [-0.2, 0) is 14.3 Å². The second-order valence-corrected chi connectivity index (χ2v) is 8.23. The maximum Gasteiger partial charge on any atom is 0.264 e. The van der Waals surface area contributed by atoms with E-state index in [1.807, 2.05) is 6.26 Å². The Labute approximate surface area is 124 Å². The Morgan fingerprint density at radius 2 is 2.10 bits per heavy atom. The highest BCUT2D eigenvalue weighted by Crippen LogP contribution is 2.32. The molecular formula is C11H22N4O3S2. The Hall–Kier alpha value is 0.1000. The minimum absolute atomic E-state index is 0.0393. The fourth-order valence-corrected chi connectivity index (χ4v) is 4.54. The Kier molecular flexibility index (Phi) is 4.29. The molecule has 0 spiro atoms. The predicted octanol–water partition coefficient (Wildman–Crippen LogP) is -0.557. The molecule has 3 fully saturated rings. The third-order valence-electron chi connectivity index (χ3n) is 4.19. The zero-order chi connectivity index (χ0) is 14.3. The van der Waals surface area contributed by atoms with Crippen LogP contribution in [0.2, 0.25) is 0 Å². The summed E-state index contributed by atoms with van der Waals surface area (Å²) in [5.74, 6) is 0.418. The summed E-state index contributed by atoms with van der Waals surface area (Å²) in [6, 6.07) is 0.0923. The van der Waals surface area contributed by atoms with E-state index in [1.54, 1.807) is 11.8 Å². The van der Waals surface area contributed by atoms with Gasteiger partial charge in [0.05, 0.1) is 12.4 Å². The molecule has 1 saturated carbocycles. The summed E-state index contributed by atoms with van der Waals surface area (Å²) in [5, 5.41) is 9.10. The molecule has 5 atom stereocenters. The Balaban J connectivity index is 1.71. The monoisotopic (exact) mass is 322 g/mol. The third-order valence-corrected chi connectivity index (χ3v) is 5.50. The second kappa shape index (κ2) is 5.71. The lowest BCUT2D eigenvalue weighted by Crippen LogP contribution is -2.66. The van der Waals surface area contributed by atoms with Crippen molar-refractivity contribution in [3.05, 3.63) is 0 Å². The molecule has 5 unspecified atom stereocenters. The van der Waals surface area contributed by atoms with Crippen molar-refractivity contribution >= 4 is 21.9 Å². The van der Waals surface area contributed by atoms with Gasteiger partial charge < -0.3 is 0 Å². The van der Waals surface area contributed by atoms with Gasteiger partial charge >= 0.3 is 0 Å². The number of fused-ring (bicyclic) bond motifs is 2. The van der Waals surface area contributed by atoms with Gasteiger partial charge in [0.15, 0.2) is 0 Å². The van der Waals surface area contributed by atoms with E-state index < -0.39 is 10.1 Å². The second-order valence-electron chi connectivity index (χ2n) is 5.69. The molecule has 0 bridgehead atoms. The molecule has 0 radical (unpaired) electrons. The maximum atomic E-state index is 11.4. The summed E-state index contributed by atoms with van der Waals surface area (Å²) < 4.78 is 28.1. The third kappa shape index (κ3) is 3.13. The molecule has 2 saturated heterocycles. The largest absolute Gasteiger partial charge is 0.283 e. The van der Waals surface area contributed by atoms with Crippen molar-refractivity contribution < 1.29 is 12.6 Å². The molecule has 0 aromatic carbocycles. The zero-order valence-corrected chi connectivity index (χ0v) is 13.3. The highest BCUT2D eigenvalue weighted by atomic mass is 32.2. The minimum atomic E-state index is -3.41. The van der Waals surface area contributed by atoms with Crippen LogP contribution in [0.25, 0.3) is 0 Å². The van der Waals surface area contributed by atoms with E-state index in [0.717, 1.165) is 32.1 Å². The fraction of sp³-hybridized carbons (Fsp3) is 1.00. The Bertz CT molecular complexity index is 461. The minimum Gasteiger partial charge on any atom is -0.283 e. The van der Waals surface area contributed by atoms with Crippen LogP contribution in [-0.4, -0.2) is 56.4 Å². The lowest BCUT2D eigenvalue weighted by molar-refractivity contribution is -0.0154. The van der Waals surface area contributed by atoms with E-state index in [4.69, 9.17) is 4.18 Å². The Morgan fingerprint density at radius 3 is 2.80 bits per heavy atom. The summed E-state index contributed by atoms with van der Waals surface area (Å²) in [6.07, 6.45) is 5.89. The number of nitrogens with one attached hydrogen (secondary N) is 3. The van der Waals surface area contributed by atoms with E-state index in [9.17, 15) is 8.42 Å². The van der Waals surface area contributed by atoms with Gasteiger partial charge in [0, 0.05) is 12.6 Å². The van der Waals surface area contributed by atoms with Gasteiger partial charge in [0.2, 0.25) is 0 Å². The van der Waals surface area contributed by atoms with Crippen molar-refractivity contribution in [1.82, 2.24) is 21.1 Å². The average molecular weight is 322 g/mol. The number of thioether (sulfide) groups is 1. The van der Waals surface area contributed by atoms with Gasteiger partial charge in [-0.3, -0.25) is 14.8 Å². The number of hydrogen-bond acceptors (Lipinski definition) is 8. The molecule has 3 rings (SSSR count). The van der Waals surface area contributed by atoms with Crippen LogP contribution < -0.4 is 16.1 Å². The highest BCUT2D eigenvalue weighted by Gasteiger charge is 2.45. The van der Waals surface area contributed by atoms with E-state index >= 15 is 0 Å². The predicted molar refractivity (Wildman–Crippen MR) is 78.0 cm³/mol. The van der Waals surface area contributed by atoms with Crippen molar-refractivity contribution in [1.29, 1.82) is 0 Å². The summed E-state index contributed by atoms with van der Waals surface area (Å²) >= 11 is 1.71. The standard InChI is InChI=1S/C11H22N4O3S2/c1-19-11-13-10-12-9-7(6-15(10)14-11)4-3-5-8(9)18-20(2,16)17/h7-14H,3-6H2,1-2H3. The maximum absolute atomic E-state index is 11.4. The first-order valence-electron chi connectivity index (χ1n) is 6.92. The molecule has 2 aliphatic heterocycles. The van der Waals surface area contributed by atoms with Crippen molar-refractivity contribution in [3.63, 3.8) is 0 Å². The molecule has 0 amide bonds. The van der Waals surface area contributed by atoms with Gasteiger partial charge in [-0.2, -0.15) is 8.42 Å². The molecule has 3 N–H and O–H groups in total. The number of hydrogen-bond donors (Lipinski definition) is 3. The number of hydrazine groups is 1. The lowest BCUT2D eigenvalue weighted by Gasteiger charge is -2.46. The summed E-state index contributed by atoms with van der Waals surface area (Å²) in [4.78, 5) is 0. The first kappa shape index (κ1) is 15.0. The van der Waals surface area contributed by atoms with Crippen LogP contribution in [0.1, 0.15) is 19.3 Å². The van der Waals surface area contributed by atoms with Crippen LogP contribution in [0.3, 0.4) is 0 Å². The van der Waals surface area contributed by atoms with E-state index in [0.29, 0.717) is 5.92 Å². The van der Waals surface area contributed by atoms with Crippen LogP contribution >= 0.6 is 11.8 Å². The van der Waals surface area contributed by atoms with Gasteiger partial charge in [0.1, 0.15) is 11.8 Å². The number of rotatable bonds is 3. The van der Waals surface area contributed by atoms with Crippen LogP contribution in [0.5, 0.6) is 0 Å². The molecule has 9 heteroatoms. The molecule has 20 heavy (non-hydrogen) atoms. The summed E-state index contributed by atoms with van der Waals surface area (Å²) in [7, 11) is -3.41. The topological polar surface area (TPSA) is 82.7 Å². The molecular weight excluding hydrogens is 300 g/mol. The van der Waals surface area contributed by atoms with Gasteiger partial charge in [-0.1, -0.05) is 6.42 Å². The van der Waals surface area contributed by atoms with E-state index in [-0.39, 0.29) is 23.9 Å². The SMILES string of the molecule is CSC1NC2NC3C(CCCC3OS(C)(=O)=O)CN2N1. The summed E-state index contributed by atoms with van der Waals surface area (Å²) in [5.41, 5.74) is 3.60. The normalized spacial score (nSPS) is 42.2. The Morgan fingerprint density at radius 1 is 1.30 bits per heavy atom. The zero-order valence-electron chi connectivity index (χ0n) is 11.7. The molecule has 1 aliphatic carbocycles. The summed E-state index contributed by atoms with van der Waals surface area (Å²) in [6.45, 7) is 0.913. The molecule has 0 aromatic rings. The molecule has 2 heterocycles. The van der Waals surface area contributed by atoms with Gasteiger partial charge in [0.25, 0.3) is 10.1 Å². The van der Waals surface area contributed by atoms with Crippen LogP contribution in [0, 0.1) is 5.92 Å². The van der Waals surface area contributed by atoms with Crippen molar-refractivity contribution in [2.24, 2.45) is 5.92 Å². The average Bonchev–Trinajstić information content (AvgIpc) is 2.77. The smallest absolute Gasteiger partial charge is 0.264 e. The first-order valence-corrected chi connectivity index (χ1v) is 10.0. The molecule has 7 nitrogen and oxygen atoms in total. The first-order chi connectivity index (χ1) is 9.46. The highest BCUT2D eigenvalue weighted by molar-refractivity contribution is 7.99. The molecule has 0 aromatic heterocycles. The van der Waals surface area contributed by atoms with Crippen LogP contribution in [0.4, 0.5) is 0 Å². The van der Waals surface area contributed by atoms with Gasteiger partial charge in [-0.05, 0) is 25.0 Å². The lowest BCUT2D eigenvalue weighted by atomic mass is 9.81. The molecule has 3 aliphatic rings. The fourth-order valence-electron chi connectivity index (χ4n) is 3.37. The number of nitrogens with zero attached hydrogens (tertiary/aromatic N) is 1. The van der Waals surface area contributed by atoms with E-state index in [1.165, 1.54) is 0 Å². The van der Waals surface area contributed by atoms with Crippen molar-refractivity contribution in [2.45, 2.75) is 43.2 Å².